The molecule has 0 unspecified atom stereocenters. The Labute approximate surface area is 114 Å². The fraction of sp³-hybridized carbons (Fsp3) is 0.455. The molecule has 0 aliphatic carbocycles. The minimum atomic E-state index is 0.444. The van der Waals surface area contributed by atoms with Gasteiger partial charge in [-0.2, -0.15) is 5.10 Å². The second-order valence-corrected chi connectivity index (χ2v) is 4.92. The van der Waals surface area contributed by atoms with Crippen LogP contribution in [0.15, 0.2) is 17.0 Å². The van der Waals surface area contributed by atoms with Crippen LogP contribution in [-0.2, 0) is 25.9 Å². The molecule has 2 aromatic heterocycles. The SMILES string of the molecule is CCc1nn(C)c(Cn2cnc(CCl)c2)c1Br. The molecule has 2 heterocycles. The molecule has 0 saturated heterocycles. The van der Waals surface area contributed by atoms with Gasteiger partial charge in [-0.25, -0.2) is 4.98 Å². The standard InChI is InChI=1S/C11H14BrClN4/c1-3-9-11(12)10(16(2)15-9)6-17-5-8(4-13)14-7-17/h5,7H,3-4,6H2,1-2H3. The lowest BCUT2D eigenvalue weighted by molar-refractivity contribution is 0.659. The Morgan fingerprint density at radius 2 is 2.24 bits per heavy atom. The summed E-state index contributed by atoms with van der Waals surface area (Å²) in [4.78, 5) is 4.20. The van der Waals surface area contributed by atoms with Gasteiger partial charge < -0.3 is 4.57 Å². The summed E-state index contributed by atoms with van der Waals surface area (Å²) in [6.07, 6.45) is 4.67. The quantitative estimate of drug-likeness (QED) is 0.813. The molecule has 0 aromatic carbocycles. The zero-order valence-corrected chi connectivity index (χ0v) is 12.2. The number of imidazole rings is 1. The van der Waals surface area contributed by atoms with Crippen molar-refractivity contribution >= 4 is 27.5 Å². The van der Waals surface area contributed by atoms with Crippen LogP contribution in [-0.4, -0.2) is 19.3 Å². The molecule has 0 radical (unpaired) electrons. The van der Waals surface area contributed by atoms with E-state index in [1.54, 1.807) is 6.33 Å². The fourth-order valence-electron chi connectivity index (χ4n) is 1.73. The van der Waals surface area contributed by atoms with Crippen LogP contribution in [0.25, 0.3) is 0 Å². The first-order valence-corrected chi connectivity index (χ1v) is 6.75. The molecule has 0 bridgehead atoms. The Bertz CT molecular complexity index is 518. The molecule has 0 fully saturated rings. The Kier molecular flexibility index (Phi) is 3.89. The first kappa shape index (κ1) is 12.6. The first-order valence-electron chi connectivity index (χ1n) is 5.42. The second kappa shape index (κ2) is 5.23. The third-order valence-electron chi connectivity index (χ3n) is 2.66. The molecule has 0 atom stereocenters. The predicted octanol–water partition coefficient (Wildman–Crippen LogP) is 2.73. The maximum absolute atomic E-state index is 5.73. The van der Waals surface area contributed by atoms with Crippen LogP contribution in [0.1, 0.15) is 24.0 Å². The van der Waals surface area contributed by atoms with Gasteiger partial charge in [-0.15, -0.1) is 11.6 Å². The summed E-state index contributed by atoms with van der Waals surface area (Å²) in [5.41, 5.74) is 3.11. The number of aryl methyl sites for hydroxylation is 2. The van der Waals surface area contributed by atoms with Crippen molar-refractivity contribution in [1.82, 2.24) is 19.3 Å². The maximum Gasteiger partial charge on any atom is 0.0953 e. The van der Waals surface area contributed by atoms with Gasteiger partial charge in [0.2, 0.25) is 0 Å². The maximum atomic E-state index is 5.73. The molecule has 6 heteroatoms. The molecular formula is C11H14BrClN4. The van der Waals surface area contributed by atoms with Crippen LogP contribution in [0.5, 0.6) is 0 Å². The van der Waals surface area contributed by atoms with Crippen molar-refractivity contribution in [3.05, 3.63) is 34.1 Å². The summed E-state index contributed by atoms with van der Waals surface area (Å²) >= 11 is 9.33. The molecule has 0 N–H and O–H groups in total. The molecule has 17 heavy (non-hydrogen) atoms. The number of rotatable bonds is 4. The van der Waals surface area contributed by atoms with E-state index < -0.39 is 0 Å². The molecular weight excluding hydrogens is 304 g/mol. The highest BCUT2D eigenvalue weighted by Gasteiger charge is 2.12. The number of hydrogen-bond donors (Lipinski definition) is 0. The molecule has 0 saturated carbocycles. The second-order valence-electron chi connectivity index (χ2n) is 3.86. The van der Waals surface area contributed by atoms with Gasteiger partial charge in [0.1, 0.15) is 0 Å². The van der Waals surface area contributed by atoms with Gasteiger partial charge >= 0.3 is 0 Å². The summed E-state index contributed by atoms with van der Waals surface area (Å²) < 4.78 is 5.01. The predicted molar refractivity (Wildman–Crippen MR) is 71.2 cm³/mol. The van der Waals surface area contributed by atoms with Crippen LogP contribution in [0, 0.1) is 0 Å². The van der Waals surface area contributed by atoms with Crippen molar-refractivity contribution in [2.24, 2.45) is 7.05 Å². The van der Waals surface area contributed by atoms with Crippen molar-refractivity contribution < 1.29 is 0 Å². The summed E-state index contributed by atoms with van der Waals surface area (Å²) in [6.45, 7) is 2.84. The smallest absolute Gasteiger partial charge is 0.0953 e. The molecule has 0 aliphatic heterocycles. The van der Waals surface area contributed by atoms with E-state index in [2.05, 4.69) is 32.9 Å². The van der Waals surface area contributed by atoms with E-state index in [1.807, 2.05) is 22.5 Å². The largest absolute Gasteiger partial charge is 0.331 e. The average Bonchev–Trinajstić information content (AvgIpc) is 2.88. The van der Waals surface area contributed by atoms with E-state index in [1.165, 1.54) is 0 Å². The van der Waals surface area contributed by atoms with E-state index in [0.29, 0.717) is 5.88 Å². The highest BCUT2D eigenvalue weighted by molar-refractivity contribution is 9.10. The van der Waals surface area contributed by atoms with Crippen LogP contribution in [0.2, 0.25) is 0 Å². The number of halogens is 2. The van der Waals surface area contributed by atoms with E-state index in [9.17, 15) is 0 Å². The molecule has 4 nitrogen and oxygen atoms in total. The Balaban J connectivity index is 2.26. The molecule has 2 aromatic rings. The lowest BCUT2D eigenvalue weighted by Crippen LogP contribution is -2.04. The van der Waals surface area contributed by atoms with Gasteiger partial charge in [0, 0.05) is 13.2 Å². The fourth-order valence-corrected chi connectivity index (χ4v) is 2.61. The Morgan fingerprint density at radius 1 is 1.47 bits per heavy atom. The minimum Gasteiger partial charge on any atom is -0.331 e. The zero-order valence-electron chi connectivity index (χ0n) is 9.82. The van der Waals surface area contributed by atoms with E-state index >= 15 is 0 Å². The van der Waals surface area contributed by atoms with Crippen molar-refractivity contribution in [3.8, 4) is 0 Å². The van der Waals surface area contributed by atoms with Gasteiger partial charge in [0.25, 0.3) is 0 Å². The topological polar surface area (TPSA) is 35.6 Å². The van der Waals surface area contributed by atoms with Crippen molar-refractivity contribution in [2.45, 2.75) is 25.8 Å². The number of alkyl halides is 1. The third-order valence-corrected chi connectivity index (χ3v) is 3.85. The van der Waals surface area contributed by atoms with Crippen LogP contribution >= 0.6 is 27.5 Å². The summed E-state index contributed by atoms with van der Waals surface area (Å²) in [6, 6.07) is 0. The normalized spacial score (nSPS) is 11.1. The Hall–Kier alpha value is -0.810. The molecule has 92 valence electrons. The number of nitrogens with zero attached hydrogens (tertiary/aromatic N) is 4. The zero-order chi connectivity index (χ0) is 12.4. The van der Waals surface area contributed by atoms with E-state index in [-0.39, 0.29) is 0 Å². The molecule has 0 spiro atoms. The minimum absolute atomic E-state index is 0.444. The third kappa shape index (κ3) is 2.55. The van der Waals surface area contributed by atoms with Gasteiger partial charge in [0.15, 0.2) is 0 Å². The van der Waals surface area contributed by atoms with Gasteiger partial charge in [-0.05, 0) is 22.4 Å². The molecule has 2 rings (SSSR count). The van der Waals surface area contributed by atoms with Crippen LogP contribution in [0.4, 0.5) is 0 Å². The van der Waals surface area contributed by atoms with Gasteiger partial charge in [-0.3, -0.25) is 4.68 Å². The molecule has 0 aliphatic rings. The highest BCUT2D eigenvalue weighted by atomic mass is 79.9. The van der Waals surface area contributed by atoms with Crippen molar-refractivity contribution in [2.75, 3.05) is 0 Å². The number of hydrogen-bond acceptors (Lipinski definition) is 2. The summed E-state index contributed by atoms with van der Waals surface area (Å²) in [5.74, 6) is 0.444. The van der Waals surface area contributed by atoms with Gasteiger partial charge in [-0.1, -0.05) is 6.92 Å². The van der Waals surface area contributed by atoms with Gasteiger partial charge in [0.05, 0.1) is 40.3 Å². The van der Waals surface area contributed by atoms with Crippen molar-refractivity contribution in [3.63, 3.8) is 0 Å². The van der Waals surface area contributed by atoms with Crippen LogP contribution < -0.4 is 0 Å². The van der Waals surface area contributed by atoms with Crippen molar-refractivity contribution in [1.29, 1.82) is 0 Å². The summed E-state index contributed by atoms with van der Waals surface area (Å²) in [7, 11) is 1.96. The van der Waals surface area contributed by atoms with Crippen LogP contribution in [0.3, 0.4) is 0 Å². The number of aromatic nitrogens is 4. The summed E-state index contributed by atoms with van der Waals surface area (Å²) in [5, 5.41) is 4.46. The first-order chi connectivity index (χ1) is 8.15. The molecule has 0 amide bonds. The highest BCUT2D eigenvalue weighted by Crippen LogP contribution is 2.22. The average molecular weight is 318 g/mol. The lowest BCUT2D eigenvalue weighted by Gasteiger charge is -2.03. The van der Waals surface area contributed by atoms with E-state index in [4.69, 9.17) is 11.6 Å². The monoisotopic (exact) mass is 316 g/mol. The lowest BCUT2D eigenvalue weighted by atomic mass is 10.3. The van der Waals surface area contributed by atoms with E-state index in [0.717, 1.165) is 34.5 Å². The Morgan fingerprint density at radius 3 is 2.76 bits per heavy atom.